The molecule has 0 heterocycles. The molecule has 0 saturated heterocycles. The van der Waals surface area contributed by atoms with Crippen molar-refractivity contribution in [2.75, 3.05) is 6.54 Å². The van der Waals surface area contributed by atoms with E-state index in [4.69, 9.17) is 5.73 Å². The van der Waals surface area contributed by atoms with E-state index in [1.165, 1.54) is 11.1 Å². The summed E-state index contributed by atoms with van der Waals surface area (Å²) in [5.74, 6) is 0. The van der Waals surface area contributed by atoms with E-state index in [0.29, 0.717) is 0 Å². The van der Waals surface area contributed by atoms with E-state index in [9.17, 15) is 0 Å². The molecule has 0 aromatic carbocycles. The van der Waals surface area contributed by atoms with Crippen molar-refractivity contribution >= 4 is 0 Å². The summed E-state index contributed by atoms with van der Waals surface area (Å²) >= 11 is 0. The van der Waals surface area contributed by atoms with Gasteiger partial charge in [0.2, 0.25) is 0 Å². The zero-order valence-corrected chi connectivity index (χ0v) is 7.15. The fourth-order valence-corrected chi connectivity index (χ4v) is 0.825. The van der Waals surface area contributed by atoms with Crippen molar-refractivity contribution < 1.29 is 0 Å². The van der Waals surface area contributed by atoms with Crippen LogP contribution in [0.1, 0.15) is 27.2 Å². The lowest BCUT2D eigenvalue weighted by Crippen LogP contribution is -1.95. The lowest BCUT2D eigenvalue weighted by molar-refractivity contribution is 1.000. The van der Waals surface area contributed by atoms with Crippen LogP contribution in [-0.4, -0.2) is 6.54 Å². The summed E-state index contributed by atoms with van der Waals surface area (Å²) in [6, 6.07) is 0. The van der Waals surface area contributed by atoms with E-state index in [1.807, 2.05) is 0 Å². The number of allylic oxidation sites excluding steroid dienone is 3. The largest absolute Gasteiger partial charge is 0.330 e. The number of hydrogen-bond donors (Lipinski definition) is 1. The van der Waals surface area contributed by atoms with Crippen LogP contribution in [0.15, 0.2) is 23.3 Å². The predicted molar refractivity (Wildman–Crippen MR) is 46.9 cm³/mol. The van der Waals surface area contributed by atoms with Gasteiger partial charge in [-0.2, -0.15) is 0 Å². The zero-order chi connectivity index (χ0) is 7.98. The van der Waals surface area contributed by atoms with Crippen LogP contribution in [0.25, 0.3) is 0 Å². The molecule has 0 spiro atoms. The Hall–Kier alpha value is -0.560. The van der Waals surface area contributed by atoms with Crippen LogP contribution in [0.5, 0.6) is 0 Å². The van der Waals surface area contributed by atoms with Gasteiger partial charge in [0.25, 0.3) is 0 Å². The van der Waals surface area contributed by atoms with Gasteiger partial charge in [0.05, 0.1) is 0 Å². The average Bonchev–Trinajstić information content (AvgIpc) is 1.82. The highest BCUT2D eigenvalue weighted by atomic mass is 14.5. The van der Waals surface area contributed by atoms with Gasteiger partial charge >= 0.3 is 0 Å². The molecule has 0 rings (SSSR count). The Kier molecular flexibility index (Phi) is 4.95. The monoisotopic (exact) mass is 139 g/mol. The van der Waals surface area contributed by atoms with Gasteiger partial charge in [-0.25, -0.2) is 0 Å². The Balaban J connectivity index is 3.82. The number of rotatable bonds is 3. The fourth-order valence-electron chi connectivity index (χ4n) is 0.825. The van der Waals surface area contributed by atoms with Crippen molar-refractivity contribution in [1.82, 2.24) is 0 Å². The predicted octanol–water partition coefficient (Wildman–Crippen LogP) is 2.25. The van der Waals surface area contributed by atoms with Crippen LogP contribution in [0.3, 0.4) is 0 Å². The maximum absolute atomic E-state index is 5.34. The molecule has 2 N–H and O–H groups in total. The van der Waals surface area contributed by atoms with Gasteiger partial charge < -0.3 is 5.73 Å². The third-order valence-electron chi connectivity index (χ3n) is 1.15. The molecule has 0 aromatic rings. The summed E-state index contributed by atoms with van der Waals surface area (Å²) in [7, 11) is 0. The van der Waals surface area contributed by atoms with Gasteiger partial charge in [0.15, 0.2) is 0 Å². The van der Waals surface area contributed by atoms with Gasteiger partial charge in [-0.15, -0.1) is 0 Å². The molecule has 10 heavy (non-hydrogen) atoms. The molecule has 0 aliphatic heterocycles. The molecule has 0 amide bonds. The molecule has 0 radical (unpaired) electrons. The Labute approximate surface area is 63.6 Å². The van der Waals surface area contributed by atoms with Crippen molar-refractivity contribution in [3.63, 3.8) is 0 Å². The summed E-state index contributed by atoms with van der Waals surface area (Å²) in [6.07, 6.45) is 5.30. The van der Waals surface area contributed by atoms with Crippen molar-refractivity contribution in [1.29, 1.82) is 0 Å². The molecule has 0 saturated carbocycles. The first-order chi connectivity index (χ1) is 4.66. The normalized spacial score (nSPS) is 11.4. The van der Waals surface area contributed by atoms with Gasteiger partial charge in [-0.05, 0) is 33.7 Å². The van der Waals surface area contributed by atoms with Gasteiger partial charge in [0, 0.05) is 0 Å². The van der Waals surface area contributed by atoms with Crippen LogP contribution in [0.2, 0.25) is 0 Å². The fraction of sp³-hybridized carbons (Fsp3) is 0.556. The molecule has 0 unspecified atom stereocenters. The van der Waals surface area contributed by atoms with Crippen molar-refractivity contribution in [2.45, 2.75) is 27.2 Å². The lowest BCUT2D eigenvalue weighted by atomic mass is 10.2. The standard InChI is InChI=1S/C9H17N/c1-8(2)7-9(3)5-4-6-10/h5,7H,4,6,10H2,1-3H3/b9-5+. The lowest BCUT2D eigenvalue weighted by Gasteiger charge is -1.92. The highest BCUT2D eigenvalue weighted by Gasteiger charge is 1.81. The highest BCUT2D eigenvalue weighted by molar-refractivity contribution is 5.19. The Morgan fingerprint density at radius 2 is 1.90 bits per heavy atom. The summed E-state index contributed by atoms with van der Waals surface area (Å²) in [6.45, 7) is 7.04. The summed E-state index contributed by atoms with van der Waals surface area (Å²) < 4.78 is 0. The topological polar surface area (TPSA) is 26.0 Å². The van der Waals surface area contributed by atoms with E-state index >= 15 is 0 Å². The van der Waals surface area contributed by atoms with Crippen LogP contribution in [0, 0.1) is 0 Å². The second-order valence-corrected chi connectivity index (χ2v) is 2.75. The third kappa shape index (κ3) is 5.57. The molecule has 58 valence electrons. The van der Waals surface area contributed by atoms with Crippen molar-refractivity contribution in [2.24, 2.45) is 5.73 Å². The summed E-state index contributed by atoms with van der Waals surface area (Å²) in [5, 5.41) is 0. The molecule has 0 aromatic heterocycles. The molecule has 0 atom stereocenters. The average molecular weight is 139 g/mol. The van der Waals surface area contributed by atoms with Crippen molar-refractivity contribution in [3.8, 4) is 0 Å². The maximum atomic E-state index is 5.34. The second kappa shape index (κ2) is 5.24. The van der Waals surface area contributed by atoms with Gasteiger partial charge in [-0.3, -0.25) is 0 Å². The summed E-state index contributed by atoms with van der Waals surface area (Å²) in [5.41, 5.74) is 7.99. The molecule has 1 heteroatoms. The Bertz CT molecular complexity index is 139. The third-order valence-corrected chi connectivity index (χ3v) is 1.15. The first-order valence-corrected chi connectivity index (χ1v) is 3.68. The van der Waals surface area contributed by atoms with Gasteiger partial charge in [0.1, 0.15) is 0 Å². The van der Waals surface area contributed by atoms with Crippen LogP contribution in [0.4, 0.5) is 0 Å². The van der Waals surface area contributed by atoms with E-state index in [-0.39, 0.29) is 0 Å². The molecular weight excluding hydrogens is 122 g/mol. The van der Waals surface area contributed by atoms with E-state index < -0.39 is 0 Å². The number of nitrogens with two attached hydrogens (primary N) is 1. The Morgan fingerprint density at radius 1 is 1.30 bits per heavy atom. The first-order valence-electron chi connectivity index (χ1n) is 3.68. The smallest absolute Gasteiger partial charge is 0.00424 e. The molecule has 0 bridgehead atoms. The van der Waals surface area contributed by atoms with Crippen molar-refractivity contribution in [3.05, 3.63) is 23.3 Å². The minimum Gasteiger partial charge on any atom is -0.330 e. The zero-order valence-electron chi connectivity index (χ0n) is 7.15. The molecular formula is C9H17N. The molecule has 0 aliphatic carbocycles. The van der Waals surface area contributed by atoms with Crippen LogP contribution < -0.4 is 5.73 Å². The molecule has 0 fully saturated rings. The summed E-state index contributed by atoms with van der Waals surface area (Å²) in [4.78, 5) is 0. The number of hydrogen-bond acceptors (Lipinski definition) is 1. The highest BCUT2D eigenvalue weighted by Crippen LogP contribution is 2.00. The molecule has 0 aliphatic rings. The minimum atomic E-state index is 0.744. The van der Waals surface area contributed by atoms with Gasteiger partial charge in [-0.1, -0.05) is 23.3 Å². The quantitative estimate of drug-likeness (QED) is 0.596. The SMILES string of the molecule is CC(C)=C/C(C)=C/CCN. The second-order valence-electron chi connectivity index (χ2n) is 2.75. The van der Waals surface area contributed by atoms with Crippen LogP contribution in [-0.2, 0) is 0 Å². The minimum absolute atomic E-state index is 0.744. The maximum Gasteiger partial charge on any atom is -0.00424 e. The Morgan fingerprint density at radius 3 is 2.30 bits per heavy atom. The van der Waals surface area contributed by atoms with E-state index in [1.54, 1.807) is 0 Å². The van der Waals surface area contributed by atoms with E-state index in [0.717, 1.165) is 13.0 Å². The van der Waals surface area contributed by atoms with Crippen LogP contribution >= 0.6 is 0 Å². The van der Waals surface area contributed by atoms with E-state index in [2.05, 4.69) is 32.9 Å². The molecule has 1 nitrogen and oxygen atoms in total. The first kappa shape index (κ1) is 9.44.